The molecule has 0 saturated carbocycles. The maximum atomic E-state index is 13.5. The normalized spacial score (nSPS) is 11.0. The number of nitrogens with one attached hydrogen (secondary N) is 2. The van der Waals surface area contributed by atoms with Gasteiger partial charge in [-0.1, -0.05) is 11.6 Å². The number of carbonyl (C=O) groups is 2. The lowest BCUT2D eigenvalue weighted by Crippen LogP contribution is -2.43. The fraction of sp³-hybridized carbons (Fsp3) is 0.385. The second-order valence-corrected chi connectivity index (χ2v) is 5.21. The van der Waals surface area contributed by atoms with Crippen LogP contribution in [-0.2, 0) is 4.79 Å². The van der Waals surface area contributed by atoms with Crippen LogP contribution in [0.25, 0.3) is 0 Å². The van der Waals surface area contributed by atoms with Crippen LogP contribution in [0, 0.1) is 11.2 Å². The molecule has 1 rings (SSSR count). The van der Waals surface area contributed by atoms with E-state index in [0.717, 1.165) is 6.07 Å². The van der Waals surface area contributed by atoms with Crippen LogP contribution in [0.1, 0.15) is 24.2 Å². The van der Waals surface area contributed by atoms with E-state index in [1.165, 1.54) is 19.2 Å². The van der Waals surface area contributed by atoms with Gasteiger partial charge in [-0.3, -0.25) is 9.59 Å². The van der Waals surface area contributed by atoms with Gasteiger partial charge in [-0.15, -0.1) is 0 Å². The summed E-state index contributed by atoms with van der Waals surface area (Å²) >= 11 is 5.71. The Morgan fingerprint density at radius 2 is 2.00 bits per heavy atom. The average molecular weight is 287 g/mol. The highest BCUT2D eigenvalue weighted by Gasteiger charge is 2.27. The predicted molar refractivity (Wildman–Crippen MR) is 71.6 cm³/mol. The van der Waals surface area contributed by atoms with E-state index >= 15 is 0 Å². The molecule has 0 bridgehead atoms. The van der Waals surface area contributed by atoms with Gasteiger partial charge in [0.25, 0.3) is 5.91 Å². The molecule has 19 heavy (non-hydrogen) atoms. The molecule has 0 unspecified atom stereocenters. The molecular weight excluding hydrogens is 271 g/mol. The first-order valence-corrected chi connectivity index (χ1v) is 6.11. The van der Waals surface area contributed by atoms with Crippen molar-refractivity contribution in [2.24, 2.45) is 5.41 Å². The molecule has 0 radical (unpaired) electrons. The third-order valence-corrected chi connectivity index (χ3v) is 2.94. The summed E-state index contributed by atoms with van der Waals surface area (Å²) in [6.45, 7) is 3.46. The van der Waals surface area contributed by atoms with Gasteiger partial charge in [0.15, 0.2) is 0 Å². The molecule has 0 aliphatic rings. The average Bonchev–Trinajstić information content (AvgIpc) is 2.37. The Balaban J connectivity index is 2.76. The van der Waals surface area contributed by atoms with Gasteiger partial charge in [-0.05, 0) is 32.0 Å². The Morgan fingerprint density at radius 1 is 1.37 bits per heavy atom. The molecule has 1 aromatic rings. The van der Waals surface area contributed by atoms with Crippen LogP contribution in [-0.4, -0.2) is 25.4 Å². The summed E-state index contributed by atoms with van der Waals surface area (Å²) in [6, 6.07) is 3.74. The Morgan fingerprint density at radius 3 is 2.58 bits per heavy atom. The summed E-state index contributed by atoms with van der Waals surface area (Å²) in [4.78, 5) is 23.4. The summed E-state index contributed by atoms with van der Waals surface area (Å²) in [5, 5.41) is 5.30. The minimum absolute atomic E-state index is 0.0947. The first kappa shape index (κ1) is 15.4. The zero-order valence-electron chi connectivity index (χ0n) is 11.0. The minimum atomic E-state index is -0.778. The van der Waals surface area contributed by atoms with Crippen molar-refractivity contribution in [1.82, 2.24) is 10.6 Å². The van der Waals surface area contributed by atoms with Crippen LogP contribution in [0.3, 0.4) is 0 Å². The topological polar surface area (TPSA) is 58.2 Å². The fourth-order valence-electron chi connectivity index (χ4n) is 1.49. The molecule has 0 spiro atoms. The van der Waals surface area contributed by atoms with Crippen LogP contribution in [0.4, 0.5) is 4.39 Å². The molecule has 6 heteroatoms. The van der Waals surface area contributed by atoms with Crippen molar-refractivity contribution in [2.45, 2.75) is 13.8 Å². The smallest absolute Gasteiger partial charge is 0.254 e. The van der Waals surface area contributed by atoms with Crippen molar-refractivity contribution in [3.05, 3.63) is 34.6 Å². The Hall–Kier alpha value is -1.62. The van der Waals surface area contributed by atoms with E-state index in [2.05, 4.69) is 10.6 Å². The maximum absolute atomic E-state index is 13.5. The molecule has 0 aromatic heterocycles. The zero-order chi connectivity index (χ0) is 14.6. The number of rotatable bonds is 4. The van der Waals surface area contributed by atoms with Crippen LogP contribution < -0.4 is 10.6 Å². The van der Waals surface area contributed by atoms with Crippen molar-refractivity contribution in [2.75, 3.05) is 13.6 Å². The van der Waals surface area contributed by atoms with Gasteiger partial charge in [0.1, 0.15) is 5.82 Å². The molecular formula is C13H16ClFN2O2. The molecule has 0 fully saturated rings. The summed E-state index contributed by atoms with van der Waals surface area (Å²) in [5.74, 6) is -1.46. The zero-order valence-corrected chi connectivity index (χ0v) is 11.8. The number of hydrogen-bond donors (Lipinski definition) is 2. The van der Waals surface area contributed by atoms with Crippen molar-refractivity contribution in [3.63, 3.8) is 0 Å². The molecule has 2 N–H and O–H groups in total. The fourth-order valence-corrected chi connectivity index (χ4v) is 1.66. The van der Waals surface area contributed by atoms with E-state index < -0.39 is 17.1 Å². The van der Waals surface area contributed by atoms with Crippen molar-refractivity contribution in [3.8, 4) is 0 Å². The van der Waals surface area contributed by atoms with Gasteiger partial charge in [0, 0.05) is 18.6 Å². The van der Waals surface area contributed by atoms with E-state index in [-0.39, 0.29) is 23.0 Å². The van der Waals surface area contributed by atoms with E-state index in [4.69, 9.17) is 11.6 Å². The van der Waals surface area contributed by atoms with Gasteiger partial charge in [-0.25, -0.2) is 4.39 Å². The van der Waals surface area contributed by atoms with Crippen LogP contribution in [0.5, 0.6) is 0 Å². The van der Waals surface area contributed by atoms with E-state index in [1.54, 1.807) is 13.8 Å². The lowest BCUT2D eigenvalue weighted by molar-refractivity contribution is -0.128. The summed E-state index contributed by atoms with van der Waals surface area (Å²) in [5.41, 5.74) is -0.917. The second kappa shape index (κ2) is 6.02. The molecule has 104 valence electrons. The predicted octanol–water partition coefficient (Wildman–Crippen LogP) is 1.98. The highest BCUT2D eigenvalue weighted by Crippen LogP contribution is 2.16. The number of halogens is 2. The standard InChI is InChI=1S/C13H16ClFN2O2/c1-13(2,12(19)16-3)7-17-11(18)9-6-8(14)4-5-10(9)15/h4-6H,7H2,1-3H3,(H,16,19)(H,17,18). The monoisotopic (exact) mass is 286 g/mol. The van der Waals surface area contributed by atoms with Crippen molar-refractivity contribution in [1.29, 1.82) is 0 Å². The molecule has 0 atom stereocenters. The second-order valence-electron chi connectivity index (χ2n) is 4.77. The third-order valence-electron chi connectivity index (χ3n) is 2.71. The molecule has 0 aliphatic carbocycles. The Labute approximate surface area is 116 Å². The van der Waals surface area contributed by atoms with E-state index in [1.807, 2.05) is 0 Å². The highest BCUT2D eigenvalue weighted by atomic mass is 35.5. The largest absolute Gasteiger partial charge is 0.359 e. The van der Waals surface area contributed by atoms with Crippen LogP contribution >= 0.6 is 11.6 Å². The summed E-state index contributed by atoms with van der Waals surface area (Å²) < 4.78 is 13.5. The van der Waals surface area contributed by atoms with E-state index in [9.17, 15) is 14.0 Å². The molecule has 2 amide bonds. The molecule has 0 saturated heterocycles. The molecule has 0 heterocycles. The Kier molecular flexibility index (Phi) is 4.89. The van der Waals surface area contributed by atoms with Gasteiger partial charge in [0.2, 0.25) is 5.91 Å². The van der Waals surface area contributed by atoms with Gasteiger partial charge in [0.05, 0.1) is 11.0 Å². The minimum Gasteiger partial charge on any atom is -0.359 e. The SMILES string of the molecule is CNC(=O)C(C)(C)CNC(=O)c1cc(Cl)ccc1F. The quantitative estimate of drug-likeness (QED) is 0.889. The maximum Gasteiger partial charge on any atom is 0.254 e. The molecule has 4 nitrogen and oxygen atoms in total. The van der Waals surface area contributed by atoms with Crippen LogP contribution in [0.2, 0.25) is 5.02 Å². The number of carbonyl (C=O) groups excluding carboxylic acids is 2. The summed E-state index contributed by atoms with van der Waals surface area (Å²) in [6.07, 6.45) is 0. The number of benzene rings is 1. The molecule has 1 aromatic carbocycles. The third kappa shape index (κ3) is 3.92. The van der Waals surface area contributed by atoms with E-state index in [0.29, 0.717) is 0 Å². The number of amides is 2. The highest BCUT2D eigenvalue weighted by molar-refractivity contribution is 6.31. The summed E-state index contributed by atoms with van der Waals surface area (Å²) in [7, 11) is 1.52. The van der Waals surface area contributed by atoms with Gasteiger partial charge < -0.3 is 10.6 Å². The van der Waals surface area contributed by atoms with Crippen molar-refractivity contribution < 1.29 is 14.0 Å². The lowest BCUT2D eigenvalue weighted by atomic mass is 9.92. The lowest BCUT2D eigenvalue weighted by Gasteiger charge is -2.22. The van der Waals surface area contributed by atoms with Gasteiger partial charge in [-0.2, -0.15) is 0 Å². The number of hydrogen-bond acceptors (Lipinski definition) is 2. The first-order chi connectivity index (χ1) is 8.77. The molecule has 0 aliphatic heterocycles. The van der Waals surface area contributed by atoms with Crippen LogP contribution in [0.15, 0.2) is 18.2 Å². The van der Waals surface area contributed by atoms with Gasteiger partial charge >= 0.3 is 0 Å². The Bertz CT molecular complexity index is 503. The van der Waals surface area contributed by atoms with Crippen molar-refractivity contribution >= 4 is 23.4 Å². The first-order valence-electron chi connectivity index (χ1n) is 5.73.